The van der Waals surface area contributed by atoms with Gasteiger partial charge in [-0.3, -0.25) is 4.79 Å². The first-order chi connectivity index (χ1) is 14.8. The van der Waals surface area contributed by atoms with Crippen molar-refractivity contribution in [1.29, 1.82) is 0 Å². The highest BCUT2D eigenvalue weighted by Crippen LogP contribution is 2.18. The molecule has 0 saturated heterocycles. The predicted octanol–water partition coefficient (Wildman–Crippen LogP) is 3.63. The van der Waals surface area contributed by atoms with E-state index in [1.54, 1.807) is 0 Å². The Morgan fingerprint density at radius 3 is 2.52 bits per heavy atom. The number of thiocarbonyl (C=S) groups is 1. The SMILES string of the molecule is Cc1cc(C)c2[nH]c(=O)c(CN(CCN(C)C)C(=S)NCCc3ccccc3)cc2c1. The number of hydrogen-bond donors (Lipinski definition) is 2. The fourth-order valence-corrected chi connectivity index (χ4v) is 3.96. The van der Waals surface area contributed by atoms with Crippen molar-refractivity contribution in [3.63, 3.8) is 0 Å². The molecular formula is C25H32N4OS. The maximum Gasteiger partial charge on any atom is 0.253 e. The van der Waals surface area contributed by atoms with E-state index in [1.165, 1.54) is 11.1 Å². The van der Waals surface area contributed by atoms with E-state index in [0.29, 0.717) is 11.7 Å². The Balaban J connectivity index is 1.76. The monoisotopic (exact) mass is 436 g/mol. The topological polar surface area (TPSA) is 51.4 Å². The molecule has 0 spiro atoms. The molecule has 0 saturated carbocycles. The maximum atomic E-state index is 12.8. The second-order valence-corrected chi connectivity index (χ2v) is 8.75. The third-order valence-electron chi connectivity index (χ3n) is 5.37. The highest BCUT2D eigenvalue weighted by atomic mass is 32.1. The summed E-state index contributed by atoms with van der Waals surface area (Å²) in [4.78, 5) is 20.1. The number of aromatic amines is 1. The van der Waals surface area contributed by atoms with Crippen LogP contribution in [0.1, 0.15) is 22.3 Å². The van der Waals surface area contributed by atoms with E-state index < -0.39 is 0 Å². The Morgan fingerprint density at radius 1 is 1.06 bits per heavy atom. The van der Waals surface area contributed by atoms with E-state index in [1.807, 2.05) is 45.3 Å². The Hall–Kier alpha value is -2.70. The van der Waals surface area contributed by atoms with Crippen molar-refractivity contribution < 1.29 is 0 Å². The Morgan fingerprint density at radius 2 is 1.81 bits per heavy atom. The van der Waals surface area contributed by atoms with Crippen LogP contribution in [-0.2, 0) is 13.0 Å². The highest BCUT2D eigenvalue weighted by molar-refractivity contribution is 7.80. The summed E-state index contributed by atoms with van der Waals surface area (Å²) in [7, 11) is 4.08. The van der Waals surface area contributed by atoms with Gasteiger partial charge >= 0.3 is 0 Å². The minimum atomic E-state index is -0.0543. The molecule has 1 heterocycles. The van der Waals surface area contributed by atoms with Gasteiger partial charge in [-0.2, -0.15) is 0 Å². The normalized spacial score (nSPS) is 11.1. The summed E-state index contributed by atoms with van der Waals surface area (Å²) in [6.45, 7) is 6.93. The number of nitrogens with zero attached hydrogens (tertiary/aromatic N) is 2. The number of rotatable bonds is 8. The molecule has 0 atom stereocenters. The van der Waals surface area contributed by atoms with Crippen molar-refractivity contribution in [3.05, 3.63) is 81.1 Å². The standard InChI is InChI=1S/C25H32N4OS/c1-18-14-19(2)23-21(15-18)16-22(24(30)27-23)17-29(13-12-28(3)4)25(31)26-11-10-20-8-6-5-7-9-20/h5-9,14-16H,10-13,17H2,1-4H3,(H,26,31)(H,27,30). The van der Waals surface area contributed by atoms with Crippen LogP contribution in [0.15, 0.2) is 53.3 Å². The molecule has 6 heteroatoms. The van der Waals surface area contributed by atoms with E-state index in [0.717, 1.165) is 48.1 Å². The summed E-state index contributed by atoms with van der Waals surface area (Å²) in [6, 6.07) is 16.6. The molecule has 3 rings (SSSR count). The molecule has 0 aliphatic heterocycles. The van der Waals surface area contributed by atoms with Gasteiger partial charge in [0.15, 0.2) is 5.11 Å². The van der Waals surface area contributed by atoms with Gasteiger partial charge in [0.2, 0.25) is 0 Å². The van der Waals surface area contributed by atoms with Gasteiger partial charge in [0, 0.05) is 25.2 Å². The molecule has 31 heavy (non-hydrogen) atoms. The summed E-state index contributed by atoms with van der Waals surface area (Å²) in [5.41, 5.74) is 5.12. The van der Waals surface area contributed by atoms with Crippen LogP contribution >= 0.6 is 12.2 Å². The van der Waals surface area contributed by atoms with E-state index >= 15 is 0 Å². The minimum Gasteiger partial charge on any atom is -0.362 e. The first-order valence-corrected chi connectivity index (χ1v) is 11.1. The van der Waals surface area contributed by atoms with Gasteiger partial charge in [0.05, 0.1) is 12.1 Å². The van der Waals surface area contributed by atoms with Crippen LogP contribution in [0.5, 0.6) is 0 Å². The van der Waals surface area contributed by atoms with Crippen LogP contribution in [-0.4, -0.2) is 53.6 Å². The zero-order valence-corrected chi connectivity index (χ0v) is 19.7. The van der Waals surface area contributed by atoms with Crippen molar-refractivity contribution in [1.82, 2.24) is 20.1 Å². The molecular weight excluding hydrogens is 404 g/mol. The Kier molecular flexibility index (Phi) is 7.82. The summed E-state index contributed by atoms with van der Waals surface area (Å²) in [5, 5.41) is 5.11. The summed E-state index contributed by atoms with van der Waals surface area (Å²) in [6.07, 6.45) is 0.900. The Labute approximate surface area is 190 Å². The van der Waals surface area contributed by atoms with Gasteiger partial charge in [0.1, 0.15) is 0 Å². The van der Waals surface area contributed by atoms with Crippen LogP contribution in [0.3, 0.4) is 0 Å². The van der Waals surface area contributed by atoms with E-state index in [9.17, 15) is 4.79 Å². The molecule has 0 aliphatic rings. The lowest BCUT2D eigenvalue weighted by atomic mass is 10.1. The van der Waals surface area contributed by atoms with Gasteiger partial charge in [-0.1, -0.05) is 42.0 Å². The van der Waals surface area contributed by atoms with Crippen molar-refractivity contribution in [3.8, 4) is 0 Å². The van der Waals surface area contributed by atoms with Gasteiger partial charge < -0.3 is 20.1 Å². The quantitative estimate of drug-likeness (QED) is 0.528. The van der Waals surface area contributed by atoms with Crippen LogP contribution in [0.2, 0.25) is 0 Å². The second kappa shape index (κ2) is 10.6. The number of hydrogen-bond acceptors (Lipinski definition) is 3. The van der Waals surface area contributed by atoms with E-state index in [2.05, 4.69) is 51.3 Å². The molecule has 2 N–H and O–H groups in total. The molecule has 5 nitrogen and oxygen atoms in total. The zero-order chi connectivity index (χ0) is 22.4. The molecule has 0 fully saturated rings. The van der Waals surface area contributed by atoms with Crippen molar-refractivity contribution in [2.45, 2.75) is 26.8 Å². The largest absolute Gasteiger partial charge is 0.362 e. The third kappa shape index (κ3) is 6.39. The molecule has 0 unspecified atom stereocenters. The molecule has 164 valence electrons. The number of nitrogens with one attached hydrogen (secondary N) is 2. The highest BCUT2D eigenvalue weighted by Gasteiger charge is 2.14. The van der Waals surface area contributed by atoms with Gasteiger partial charge in [-0.15, -0.1) is 0 Å². The number of pyridine rings is 1. The van der Waals surface area contributed by atoms with Crippen molar-refractivity contribution in [2.75, 3.05) is 33.7 Å². The average Bonchev–Trinajstić information content (AvgIpc) is 2.72. The van der Waals surface area contributed by atoms with E-state index in [-0.39, 0.29) is 5.56 Å². The van der Waals surface area contributed by atoms with Crippen LogP contribution in [0, 0.1) is 13.8 Å². The summed E-state index contributed by atoms with van der Waals surface area (Å²) < 4.78 is 0. The molecule has 0 radical (unpaired) electrons. The molecule has 3 aromatic rings. The molecule has 1 aromatic heterocycles. The fraction of sp³-hybridized carbons (Fsp3) is 0.360. The lowest BCUT2D eigenvalue weighted by Crippen LogP contribution is -2.43. The summed E-state index contributed by atoms with van der Waals surface area (Å²) in [5.74, 6) is 0. The number of likely N-dealkylation sites (N-methyl/N-ethyl adjacent to an activating group) is 1. The number of aryl methyl sites for hydroxylation is 2. The first-order valence-electron chi connectivity index (χ1n) is 10.7. The number of aromatic nitrogens is 1. The van der Waals surface area contributed by atoms with Crippen molar-refractivity contribution in [2.24, 2.45) is 0 Å². The molecule has 0 bridgehead atoms. The Bertz CT molecular complexity index is 1090. The van der Waals surface area contributed by atoms with Crippen LogP contribution in [0.4, 0.5) is 0 Å². The predicted molar refractivity (Wildman–Crippen MR) is 134 cm³/mol. The third-order valence-corrected chi connectivity index (χ3v) is 5.77. The lowest BCUT2D eigenvalue weighted by molar-refractivity contribution is 0.322. The lowest BCUT2D eigenvalue weighted by Gasteiger charge is -2.27. The zero-order valence-electron chi connectivity index (χ0n) is 18.9. The minimum absolute atomic E-state index is 0.0543. The fourth-order valence-electron chi connectivity index (χ4n) is 3.70. The second-order valence-electron chi connectivity index (χ2n) is 8.36. The molecule has 2 aromatic carbocycles. The average molecular weight is 437 g/mol. The molecule has 0 amide bonds. The van der Waals surface area contributed by atoms with Gasteiger partial charge in [-0.05, 0) is 75.2 Å². The first kappa shape index (κ1) is 23.0. The smallest absolute Gasteiger partial charge is 0.253 e. The van der Waals surface area contributed by atoms with Crippen LogP contribution in [0.25, 0.3) is 10.9 Å². The molecule has 0 aliphatic carbocycles. The van der Waals surface area contributed by atoms with E-state index in [4.69, 9.17) is 12.2 Å². The summed E-state index contributed by atoms with van der Waals surface area (Å²) >= 11 is 5.71. The van der Waals surface area contributed by atoms with Crippen molar-refractivity contribution >= 4 is 28.2 Å². The van der Waals surface area contributed by atoms with Crippen LogP contribution < -0.4 is 10.9 Å². The van der Waals surface area contributed by atoms with Gasteiger partial charge in [-0.25, -0.2) is 0 Å². The number of fused-ring (bicyclic) bond motifs is 1. The number of H-pyrrole nitrogens is 1. The number of benzene rings is 2. The van der Waals surface area contributed by atoms with Gasteiger partial charge in [0.25, 0.3) is 5.56 Å². The maximum absolute atomic E-state index is 12.8.